The normalized spacial score (nSPS) is 11.7. The van der Waals surface area contributed by atoms with E-state index in [0.29, 0.717) is 26.8 Å². The highest BCUT2D eigenvalue weighted by Gasteiger charge is 2.19. The van der Waals surface area contributed by atoms with Crippen LogP contribution in [0.2, 0.25) is 0 Å². The molecule has 5 aromatic rings. The highest BCUT2D eigenvalue weighted by atomic mass is 32.2. The Morgan fingerprint density at radius 2 is 1.93 bits per heavy atom. The molecule has 0 saturated heterocycles. The lowest BCUT2D eigenvalue weighted by molar-refractivity contribution is 0.137. The van der Waals surface area contributed by atoms with Crippen LogP contribution in [-0.4, -0.2) is 29.4 Å². The van der Waals surface area contributed by atoms with Crippen molar-refractivity contribution in [2.75, 3.05) is 0 Å². The van der Waals surface area contributed by atoms with Crippen LogP contribution in [0.4, 0.5) is 8.78 Å². The molecule has 0 spiro atoms. The summed E-state index contributed by atoms with van der Waals surface area (Å²) in [5.41, 5.74) is 0.492. The van der Waals surface area contributed by atoms with E-state index in [1.807, 2.05) is 0 Å². The number of rotatable bonds is 5. The van der Waals surface area contributed by atoms with Crippen LogP contribution < -0.4 is 5.56 Å². The number of alkyl halides is 2. The Morgan fingerprint density at radius 3 is 2.73 bits per heavy atom. The second kappa shape index (κ2) is 7.34. The van der Waals surface area contributed by atoms with E-state index in [2.05, 4.69) is 20.3 Å². The van der Waals surface area contributed by atoms with Gasteiger partial charge < -0.3 is 4.42 Å². The topological polar surface area (TPSA) is 91.1 Å². The maximum atomic E-state index is 13.2. The van der Waals surface area contributed by atoms with Gasteiger partial charge in [0.05, 0.1) is 23.7 Å². The molecular weight excluding hydrogens is 414 g/mol. The number of hydrogen-bond acceptors (Lipinski definition) is 7. The summed E-state index contributed by atoms with van der Waals surface area (Å²) in [5.74, 6) is 0.0325. The van der Waals surface area contributed by atoms with Crippen LogP contribution in [0.15, 0.2) is 74.2 Å². The zero-order chi connectivity index (χ0) is 20.7. The van der Waals surface area contributed by atoms with E-state index >= 15 is 0 Å². The third kappa shape index (κ3) is 3.22. The van der Waals surface area contributed by atoms with Gasteiger partial charge in [-0.3, -0.25) is 9.36 Å². The Bertz CT molecular complexity index is 1410. The highest BCUT2D eigenvalue weighted by molar-refractivity contribution is 7.99. The number of furan rings is 1. The van der Waals surface area contributed by atoms with E-state index < -0.39 is 12.2 Å². The Labute approximate surface area is 171 Å². The highest BCUT2D eigenvalue weighted by Crippen LogP contribution is 2.27. The molecule has 5 rings (SSSR count). The fraction of sp³-hybridized carbons (Fsp3) is 0.105. The summed E-state index contributed by atoms with van der Waals surface area (Å²) in [7, 11) is 0. The van der Waals surface area contributed by atoms with E-state index in [9.17, 15) is 13.6 Å². The van der Waals surface area contributed by atoms with Gasteiger partial charge in [0.25, 0.3) is 12.0 Å². The summed E-state index contributed by atoms with van der Waals surface area (Å²) >= 11 is 1.08. The van der Waals surface area contributed by atoms with Gasteiger partial charge in [0.1, 0.15) is 10.8 Å². The molecule has 150 valence electrons. The molecule has 0 atom stereocenters. The summed E-state index contributed by atoms with van der Waals surface area (Å²) in [6.07, 6.45) is -1.29. The lowest BCUT2D eigenvalue weighted by Gasteiger charge is -2.12. The van der Waals surface area contributed by atoms with E-state index in [1.165, 1.54) is 16.9 Å². The molecule has 0 aliphatic heterocycles. The molecule has 0 fully saturated rings. The molecule has 0 N–H and O–H groups in total. The first-order chi connectivity index (χ1) is 14.6. The van der Waals surface area contributed by atoms with Gasteiger partial charge in [-0.2, -0.15) is 9.61 Å². The SMILES string of the molecule is O=c1c2ccccc2nc(Sc2ccc3nnc(C(F)F)n3n2)n1Cc1ccco1. The van der Waals surface area contributed by atoms with Crippen LogP contribution in [0.5, 0.6) is 0 Å². The van der Waals surface area contributed by atoms with Crippen molar-refractivity contribution in [3.8, 4) is 0 Å². The molecule has 0 amide bonds. The minimum atomic E-state index is -2.82. The molecule has 1 aromatic carbocycles. The number of aromatic nitrogens is 6. The van der Waals surface area contributed by atoms with Crippen LogP contribution in [0, 0.1) is 0 Å². The van der Waals surface area contributed by atoms with Crippen LogP contribution in [0.3, 0.4) is 0 Å². The van der Waals surface area contributed by atoms with E-state index in [4.69, 9.17) is 4.42 Å². The summed E-state index contributed by atoms with van der Waals surface area (Å²) in [6.45, 7) is 0.170. The molecule has 30 heavy (non-hydrogen) atoms. The largest absolute Gasteiger partial charge is 0.467 e. The first-order valence-corrected chi connectivity index (χ1v) is 9.62. The fourth-order valence-electron chi connectivity index (χ4n) is 3.00. The summed E-state index contributed by atoms with van der Waals surface area (Å²) in [5, 5.41) is 12.5. The molecular formula is C19H12F2N6O2S. The van der Waals surface area contributed by atoms with Gasteiger partial charge >= 0.3 is 0 Å². The van der Waals surface area contributed by atoms with Gasteiger partial charge in [0, 0.05) is 0 Å². The lowest BCUT2D eigenvalue weighted by atomic mass is 10.2. The maximum Gasteiger partial charge on any atom is 0.299 e. The van der Waals surface area contributed by atoms with Crippen molar-refractivity contribution in [3.63, 3.8) is 0 Å². The molecule has 4 heterocycles. The van der Waals surface area contributed by atoms with Crippen LogP contribution in [-0.2, 0) is 6.54 Å². The number of halogens is 2. The van der Waals surface area contributed by atoms with Gasteiger partial charge in [0.15, 0.2) is 10.8 Å². The zero-order valence-corrected chi connectivity index (χ0v) is 16.0. The molecule has 11 heteroatoms. The predicted molar refractivity (Wildman–Crippen MR) is 104 cm³/mol. The van der Waals surface area contributed by atoms with Crippen molar-refractivity contribution in [3.05, 3.63) is 76.7 Å². The van der Waals surface area contributed by atoms with Crippen molar-refractivity contribution >= 4 is 28.3 Å². The van der Waals surface area contributed by atoms with Gasteiger partial charge in [0.2, 0.25) is 5.82 Å². The Balaban J connectivity index is 1.63. The average Bonchev–Trinajstić information content (AvgIpc) is 3.40. The molecule has 0 saturated carbocycles. The molecule has 4 aromatic heterocycles. The lowest BCUT2D eigenvalue weighted by Crippen LogP contribution is -2.23. The minimum absolute atomic E-state index is 0.170. The van der Waals surface area contributed by atoms with Gasteiger partial charge in [-0.1, -0.05) is 12.1 Å². The van der Waals surface area contributed by atoms with Gasteiger partial charge in [-0.05, 0) is 48.2 Å². The summed E-state index contributed by atoms with van der Waals surface area (Å²) in [6, 6.07) is 13.6. The Hall–Kier alpha value is -3.60. The van der Waals surface area contributed by atoms with Gasteiger partial charge in [-0.15, -0.1) is 10.2 Å². The monoisotopic (exact) mass is 426 g/mol. The first kappa shape index (κ1) is 18.4. The van der Waals surface area contributed by atoms with E-state index in [-0.39, 0.29) is 17.8 Å². The number of nitrogens with zero attached hydrogens (tertiary/aromatic N) is 6. The molecule has 0 radical (unpaired) electrons. The van der Waals surface area contributed by atoms with E-state index in [1.54, 1.807) is 42.5 Å². The second-order valence-electron chi connectivity index (χ2n) is 6.28. The number of para-hydroxylation sites is 1. The van der Waals surface area contributed by atoms with Gasteiger partial charge in [-0.25, -0.2) is 13.8 Å². The van der Waals surface area contributed by atoms with Crippen molar-refractivity contribution < 1.29 is 13.2 Å². The quantitative estimate of drug-likeness (QED) is 0.397. The van der Waals surface area contributed by atoms with Crippen molar-refractivity contribution in [1.82, 2.24) is 29.4 Å². The Kier molecular flexibility index (Phi) is 4.51. The third-order valence-corrected chi connectivity index (χ3v) is 5.30. The number of benzene rings is 1. The third-order valence-electron chi connectivity index (χ3n) is 4.37. The van der Waals surface area contributed by atoms with Crippen LogP contribution in [0.25, 0.3) is 16.6 Å². The second-order valence-corrected chi connectivity index (χ2v) is 7.27. The smallest absolute Gasteiger partial charge is 0.299 e. The number of hydrogen-bond donors (Lipinski definition) is 0. The summed E-state index contributed by atoms with van der Waals surface area (Å²) in [4.78, 5) is 17.7. The maximum absolute atomic E-state index is 13.2. The van der Waals surface area contributed by atoms with Crippen LogP contribution >= 0.6 is 11.8 Å². The van der Waals surface area contributed by atoms with E-state index in [0.717, 1.165) is 16.3 Å². The molecule has 0 aliphatic rings. The van der Waals surface area contributed by atoms with Crippen molar-refractivity contribution in [2.24, 2.45) is 0 Å². The van der Waals surface area contributed by atoms with Crippen LogP contribution in [0.1, 0.15) is 18.0 Å². The van der Waals surface area contributed by atoms with Crippen molar-refractivity contribution in [2.45, 2.75) is 23.2 Å². The predicted octanol–water partition coefficient (Wildman–Crippen LogP) is 3.56. The molecule has 0 unspecified atom stereocenters. The summed E-state index contributed by atoms with van der Waals surface area (Å²) < 4.78 is 34.1. The fourth-order valence-corrected chi connectivity index (χ4v) is 3.84. The average molecular weight is 426 g/mol. The first-order valence-electron chi connectivity index (χ1n) is 8.80. The molecule has 8 nitrogen and oxygen atoms in total. The number of fused-ring (bicyclic) bond motifs is 2. The molecule has 0 aliphatic carbocycles. The minimum Gasteiger partial charge on any atom is -0.467 e. The Morgan fingerprint density at radius 1 is 1.07 bits per heavy atom. The van der Waals surface area contributed by atoms with Crippen molar-refractivity contribution in [1.29, 1.82) is 0 Å². The standard InChI is InChI=1S/C19H12F2N6O2S/c20-16(21)17-24-23-14-7-8-15(25-27(14)17)30-19-22-13-6-2-1-5-12(13)18(28)26(19)10-11-4-3-9-29-11/h1-9,16H,10H2. The molecule has 0 bridgehead atoms. The zero-order valence-electron chi connectivity index (χ0n) is 15.1.